The highest BCUT2D eigenvalue weighted by Gasteiger charge is 2.31. The Morgan fingerprint density at radius 2 is 1.95 bits per heavy atom. The predicted molar refractivity (Wildman–Crippen MR) is 85.7 cm³/mol. The molecule has 1 amide bonds. The van der Waals surface area contributed by atoms with E-state index in [0.29, 0.717) is 18.8 Å². The Labute approximate surface area is 130 Å². The summed E-state index contributed by atoms with van der Waals surface area (Å²) in [4.78, 5) is 12.3. The van der Waals surface area contributed by atoms with Gasteiger partial charge in [0, 0.05) is 5.69 Å². The molecule has 1 aliphatic heterocycles. The number of hydrogen-bond donors (Lipinski definition) is 1. The zero-order valence-electron chi connectivity index (χ0n) is 12.8. The van der Waals surface area contributed by atoms with Crippen LogP contribution in [0, 0.1) is 0 Å². The van der Waals surface area contributed by atoms with Gasteiger partial charge in [0.05, 0.1) is 19.6 Å². The van der Waals surface area contributed by atoms with Gasteiger partial charge in [-0.1, -0.05) is 30.3 Å². The van der Waals surface area contributed by atoms with Gasteiger partial charge in [0.2, 0.25) is 5.91 Å². The van der Waals surface area contributed by atoms with Gasteiger partial charge in [-0.15, -0.1) is 0 Å². The summed E-state index contributed by atoms with van der Waals surface area (Å²) >= 11 is 0. The van der Waals surface area contributed by atoms with E-state index in [0.717, 1.165) is 22.6 Å². The summed E-state index contributed by atoms with van der Waals surface area (Å²) < 4.78 is 11.1. The summed E-state index contributed by atoms with van der Waals surface area (Å²) in [6.07, 6.45) is 0.593. The number of carbonyl (C=O) groups is 1. The molecule has 0 fully saturated rings. The van der Waals surface area contributed by atoms with Crippen LogP contribution in [0.25, 0.3) is 0 Å². The maximum atomic E-state index is 12.3. The van der Waals surface area contributed by atoms with Crippen LogP contribution in [0.15, 0.2) is 42.5 Å². The fourth-order valence-corrected chi connectivity index (χ4v) is 2.89. The molecule has 4 heteroatoms. The van der Waals surface area contributed by atoms with Gasteiger partial charge in [-0.05, 0) is 36.6 Å². The molecule has 1 N–H and O–H groups in total. The van der Waals surface area contributed by atoms with Crippen LogP contribution in [0.4, 0.5) is 5.69 Å². The lowest BCUT2D eigenvalue weighted by atomic mass is 9.92. The third-order valence-electron chi connectivity index (χ3n) is 3.90. The van der Waals surface area contributed by atoms with Crippen molar-refractivity contribution in [2.45, 2.75) is 19.3 Å². The summed E-state index contributed by atoms with van der Waals surface area (Å²) in [5.41, 5.74) is 2.93. The smallest absolute Gasteiger partial charge is 0.232 e. The van der Waals surface area contributed by atoms with Crippen LogP contribution in [-0.4, -0.2) is 19.6 Å². The number of hydrogen-bond acceptors (Lipinski definition) is 3. The van der Waals surface area contributed by atoms with E-state index < -0.39 is 0 Å². The largest absolute Gasteiger partial charge is 0.493 e. The van der Waals surface area contributed by atoms with Gasteiger partial charge in [0.15, 0.2) is 11.5 Å². The van der Waals surface area contributed by atoms with E-state index in [4.69, 9.17) is 9.47 Å². The molecule has 114 valence electrons. The van der Waals surface area contributed by atoms with Crippen LogP contribution in [0.2, 0.25) is 0 Å². The van der Waals surface area contributed by atoms with Crippen molar-refractivity contribution in [2.75, 3.05) is 19.0 Å². The zero-order valence-corrected chi connectivity index (χ0v) is 12.8. The molecule has 0 saturated heterocycles. The summed E-state index contributed by atoms with van der Waals surface area (Å²) in [5.74, 6) is 1.27. The first-order valence-electron chi connectivity index (χ1n) is 7.43. The quantitative estimate of drug-likeness (QED) is 0.920. The molecule has 0 aromatic heterocycles. The first kappa shape index (κ1) is 14.4. The van der Waals surface area contributed by atoms with Crippen molar-refractivity contribution in [3.63, 3.8) is 0 Å². The number of rotatable bonds is 5. The molecule has 4 nitrogen and oxygen atoms in total. The third kappa shape index (κ3) is 2.52. The molecular weight excluding hydrogens is 278 g/mol. The Balaban J connectivity index is 1.95. The number of carbonyl (C=O) groups excluding carboxylic acids is 1. The fraction of sp³-hybridized carbons (Fsp3) is 0.278. The lowest BCUT2D eigenvalue weighted by Gasteiger charge is -2.16. The van der Waals surface area contributed by atoms with E-state index in [9.17, 15) is 4.79 Å². The molecule has 1 unspecified atom stereocenters. The van der Waals surface area contributed by atoms with Gasteiger partial charge in [-0.3, -0.25) is 4.79 Å². The van der Waals surface area contributed by atoms with E-state index in [1.54, 1.807) is 7.11 Å². The van der Waals surface area contributed by atoms with E-state index >= 15 is 0 Å². The normalized spacial score (nSPS) is 16.1. The van der Waals surface area contributed by atoms with Crippen molar-refractivity contribution in [3.8, 4) is 11.5 Å². The molecule has 0 radical (unpaired) electrons. The average Bonchev–Trinajstić information content (AvgIpc) is 2.85. The van der Waals surface area contributed by atoms with Gasteiger partial charge in [-0.25, -0.2) is 0 Å². The van der Waals surface area contributed by atoms with Gasteiger partial charge in [-0.2, -0.15) is 0 Å². The lowest BCUT2D eigenvalue weighted by molar-refractivity contribution is -0.117. The number of anilines is 1. The standard InChI is InChI=1S/C18H19NO3/c1-3-22-17-12(7-6-10-16(17)21-2)11-14-13-8-4-5-9-15(13)19-18(14)20/h4-10,14H,3,11H2,1-2H3,(H,19,20). The molecule has 1 heterocycles. The van der Waals surface area contributed by atoms with Crippen molar-refractivity contribution in [2.24, 2.45) is 0 Å². The van der Waals surface area contributed by atoms with E-state index in [2.05, 4.69) is 5.32 Å². The second-order valence-corrected chi connectivity index (χ2v) is 5.21. The third-order valence-corrected chi connectivity index (χ3v) is 3.90. The topological polar surface area (TPSA) is 47.6 Å². The number of benzene rings is 2. The fourth-order valence-electron chi connectivity index (χ4n) is 2.89. The van der Waals surface area contributed by atoms with Crippen LogP contribution >= 0.6 is 0 Å². The van der Waals surface area contributed by atoms with Crippen LogP contribution in [0.3, 0.4) is 0 Å². The Morgan fingerprint density at radius 3 is 2.73 bits per heavy atom. The summed E-state index contributed by atoms with van der Waals surface area (Å²) in [5, 5.41) is 2.94. The first-order valence-corrected chi connectivity index (χ1v) is 7.43. The molecule has 3 rings (SSSR count). The number of fused-ring (bicyclic) bond motifs is 1. The minimum atomic E-state index is -0.192. The molecule has 2 aromatic carbocycles. The highest BCUT2D eigenvalue weighted by Crippen LogP contribution is 2.38. The average molecular weight is 297 g/mol. The van der Waals surface area contributed by atoms with Crippen molar-refractivity contribution in [1.82, 2.24) is 0 Å². The predicted octanol–water partition coefficient (Wildman–Crippen LogP) is 3.37. The highest BCUT2D eigenvalue weighted by atomic mass is 16.5. The Morgan fingerprint density at radius 1 is 1.14 bits per heavy atom. The molecule has 1 aliphatic rings. The first-order chi connectivity index (χ1) is 10.7. The molecule has 22 heavy (non-hydrogen) atoms. The maximum Gasteiger partial charge on any atom is 0.232 e. The number of amides is 1. The van der Waals surface area contributed by atoms with Gasteiger partial charge in [0.25, 0.3) is 0 Å². The van der Waals surface area contributed by atoms with Crippen LogP contribution < -0.4 is 14.8 Å². The molecule has 2 aromatic rings. The maximum absolute atomic E-state index is 12.3. The van der Waals surface area contributed by atoms with Crippen LogP contribution in [-0.2, 0) is 11.2 Å². The van der Waals surface area contributed by atoms with Gasteiger partial charge >= 0.3 is 0 Å². The molecule has 1 atom stereocenters. The molecule has 0 aliphatic carbocycles. The molecule has 0 bridgehead atoms. The minimum absolute atomic E-state index is 0.0338. The van der Waals surface area contributed by atoms with Crippen LogP contribution in [0.1, 0.15) is 24.0 Å². The van der Waals surface area contributed by atoms with Crippen molar-refractivity contribution in [1.29, 1.82) is 0 Å². The van der Waals surface area contributed by atoms with Crippen LogP contribution in [0.5, 0.6) is 11.5 Å². The number of methoxy groups -OCH3 is 1. The SMILES string of the molecule is CCOc1c(CC2C(=O)Nc3ccccc32)cccc1OC. The highest BCUT2D eigenvalue weighted by molar-refractivity contribution is 6.03. The number of para-hydroxylation sites is 2. The van der Waals surface area contributed by atoms with E-state index in [1.807, 2.05) is 49.4 Å². The second-order valence-electron chi connectivity index (χ2n) is 5.21. The summed E-state index contributed by atoms with van der Waals surface area (Å²) in [6.45, 7) is 2.49. The van der Waals surface area contributed by atoms with Gasteiger partial charge < -0.3 is 14.8 Å². The number of ether oxygens (including phenoxy) is 2. The van der Waals surface area contributed by atoms with Crippen molar-refractivity contribution < 1.29 is 14.3 Å². The monoisotopic (exact) mass is 297 g/mol. The second kappa shape index (κ2) is 6.10. The number of nitrogens with one attached hydrogen (secondary N) is 1. The lowest BCUT2D eigenvalue weighted by Crippen LogP contribution is -2.15. The van der Waals surface area contributed by atoms with Crippen molar-refractivity contribution >= 4 is 11.6 Å². The summed E-state index contributed by atoms with van der Waals surface area (Å²) in [7, 11) is 1.62. The minimum Gasteiger partial charge on any atom is -0.493 e. The van der Waals surface area contributed by atoms with E-state index in [1.165, 1.54) is 0 Å². The summed E-state index contributed by atoms with van der Waals surface area (Å²) in [6, 6.07) is 13.6. The molecule has 0 spiro atoms. The van der Waals surface area contributed by atoms with Gasteiger partial charge in [0.1, 0.15) is 0 Å². The van der Waals surface area contributed by atoms with Crippen molar-refractivity contribution in [3.05, 3.63) is 53.6 Å². The zero-order chi connectivity index (χ0) is 15.5. The van der Waals surface area contributed by atoms with E-state index in [-0.39, 0.29) is 11.8 Å². The molecule has 0 saturated carbocycles. The Kier molecular flexibility index (Phi) is 4.00. The Bertz CT molecular complexity index is 696. The Hall–Kier alpha value is -2.49. The molecular formula is C18H19NO3.